The van der Waals surface area contributed by atoms with Crippen molar-refractivity contribution >= 4 is 5.82 Å². The van der Waals surface area contributed by atoms with Gasteiger partial charge in [-0.1, -0.05) is 12.8 Å². The van der Waals surface area contributed by atoms with Crippen LogP contribution in [0.5, 0.6) is 0 Å². The fourth-order valence-electron chi connectivity index (χ4n) is 4.10. The van der Waals surface area contributed by atoms with Gasteiger partial charge in [-0.05, 0) is 57.7 Å². The molecule has 1 saturated carbocycles. The minimum absolute atomic E-state index is 0.118. The lowest BCUT2D eigenvalue weighted by Gasteiger charge is -2.38. The number of aryl methyl sites for hydroxylation is 2. The Morgan fingerprint density at radius 2 is 2.04 bits per heavy atom. The highest BCUT2D eigenvalue weighted by Gasteiger charge is 2.39. The molecule has 1 unspecified atom stereocenters. The molecule has 1 aliphatic heterocycles. The van der Waals surface area contributed by atoms with Crippen LogP contribution in [0.15, 0.2) is 18.2 Å². The zero-order chi connectivity index (χ0) is 16.6. The Morgan fingerprint density at radius 3 is 2.71 bits per heavy atom. The molecule has 2 aliphatic rings. The predicted molar refractivity (Wildman–Crippen MR) is 92.4 cm³/mol. The van der Waals surface area contributed by atoms with Gasteiger partial charge < -0.3 is 10.1 Å². The highest BCUT2D eigenvalue weighted by molar-refractivity contribution is 5.38. The fraction of sp³-hybridized carbons (Fsp3) is 0.611. The molecule has 1 atom stereocenters. The van der Waals surface area contributed by atoms with Gasteiger partial charge >= 0.3 is 0 Å². The third-order valence-electron chi connectivity index (χ3n) is 5.24. The second kappa shape index (κ2) is 6.16. The minimum atomic E-state index is 0.118. The van der Waals surface area contributed by atoms with Crippen LogP contribution in [0.3, 0.4) is 0 Å². The van der Waals surface area contributed by atoms with Crippen LogP contribution in [0.1, 0.15) is 49.9 Å². The van der Waals surface area contributed by atoms with Crippen molar-refractivity contribution in [2.75, 3.05) is 11.9 Å². The van der Waals surface area contributed by atoms with Crippen molar-refractivity contribution in [1.82, 2.24) is 20.0 Å². The number of ether oxygens (including phenoxy) is 1. The molecule has 24 heavy (non-hydrogen) atoms. The third kappa shape index (κ3) is 3.02. The summed E-state index contributed by atoms with van der Waals surface area (Å²) in [6.07, 6.45) is 7.10. The summed E-state index contributed by atoms with van der Waals surface area (Å²) in [7, 11) is 0. The highest BCUT2D eigenvalue weighted by atomic mass is 16.5. The van der Waals surface area contributed by atoms with Crippen molar-refractivity contribution < 1.29 is 4.74 Å². The molecule has 0 amide bonds. The first-order valence-corrected chi connectivity index (χ1v) is 8.91. The molecule has 0 aromatic carbocycles. The van der Waals surface area contributed by atoms with E-state index in [1.165, 1.54) is 25.7 Å². The van der Waals surface area contributed by atoms with Gasteiger partial charge in [0.2, 0.25) is 0 Å². The van der Waals surface area contributed by atoms with E-state index >= 15 is 0 Å². The molecule has 0 bridgehead atoms. The Morgan fingerprint density at radius 1 is 1.21 bits per heavy atom. The molecule has 1 aliphatic carbocycles. The summed E-state index contributed by atoms with van der Waals surface area (Å²) >= 11 is 0. The van der Waals surface area contributed by atoms with E-state index in [-0.39, 0.29) is 5.60 Å². The maximum atomic E-state index is 6.10. The maximum Gasteiger partial charge on any atom is 0.176 e. The average molecular weight is 327 g/mol. The van der Waals surface area contributed by atoms with Crippen LogP contribution >= 0.6 is 0 Å². The van der Waals surface area contributed by atoms with Crippen LogP contribution in [0.4, 0.5) is 5.82 Å². The predicted octanol–water partition coefficient (Wildman–Crippen LogP) is 3.18. The van der Waals surface area contributed by atoms with Gasteiger partial charge in [0.05, 0.1) is 11.3 Å². The molecule has 1 N–H and O–H groups in total. The molecule has 6 nitrogen and oxygen atoms in total. The second-order valence-electron chi connectivity index (χ2n) is 7.19. The van der Waals surface area contributed by atoms with Crippen LogP contribution in [-0.4, -0.2) is 38.2 Å². The van der Waals surface area contributed by atoms with Gasteiger partial charge in [0.15, 0.2) is 5.82 Å². The summed E-state index contributed by atoms with van der Waals surface area (Å²) in [4.78, 5) is 0. The van der Waals surface area contributed by atoms with Gasteiger partial charge in [0.25, 0.3) is 0 Å². The van der Waals surface area contributed by atoms with Crippen molar-refractivity contribution in [3.05, 3.63) is 29.6 Å². The van der Waals surface area contributed by atoms with Gasteiger partial charge in [-0.15, -0.1) is 10.2 Å². The lowest BCUT2D eigenvalue weighted by molar-refractivity contribution is -0.0767. The Hall–Kier alpha value is -1.95. The number of aromatic nitrogens is 4. The van der Waals surface area contributed by atoms with Crippen molar-refractivity contribution in [2.24, 2.45) is 0 Å². The number of anilines is 1. The molecule has 2 fully saturated rings. The van der Waals surface area contributed by atoms with Crippen LogP contribution in [0.25, 0.3) is 5.82 Å². The number of hydrogen-bond donors (Lipinski definition) is 1. The summed E-state index contributed by atoms with van der Waals surface area (Å²) in [6, 6.07) is 6.43. The Labute approximate surface area is 142 Å². The van der Waals surface area contributed by atoms with Crippen LogP contribution in [-0.2, 0) is 4.74 Å². The molecule has 128 valence electrons. The standard InChI is InChI=1S/C18H25N5O/c1-13-11-14(2)23(22-13)17-6-5-16(20-21-17)19-15-7-10-24-18(12-15)8-3-4-9-18/h5-6,11,15H,3-4,7-10,12H2,1-2H3,(H,19,20). The number of rotatable bonds is 3. The smallest absolute Gasteiger partial charge is 0.176 e. The van der Waals surface area contributed by atoms with E-state index in [9.17, 15) is 0 Å². The number of nitrogens with one attached hydrogen (secondary N) is 1. The summed E-state index contributed by atoms with van der Waals surface area (Å²) in [5.41, 5.74) is 2.17. The van der Waals surface area contributed by atoms with Crippen molar-refractivity contribution in [2.45, 2.75) is 64.0 Å². The molecule has 0 radical (unpaired) electrons. The maximum absolute atomic E-state index is 6.10. The topological polar surface area (TPSA) is 64.9 Å². The Balaban J connectivity index is 1.44. The quantitative estimate of drug-likeness (QED) is 0.938. The van der Waals surface area contributed by atoms with Gasteiger partial charge in [0.1, 0.15) is 5.82 Å². The molecular formula is C18H25N5O. The van der Waals surface area contributed by atoms with Crippen LogP contribution in [0.2, 0.25) is 0 Å². The SMILES string of the molecule is Cc1cc(C)n(-c2ccc(NC3CCOC4(CCCC4)C3)nn2)n1. The number of nitrogens with zero attached hydrogens (tertiary/aromatic N) is 4. The molecule has 2 aromatic rings. The summed E-state index contributed by atoms with van der Waals surface area (Å²) < 4.78 is 7.93. The molecule has 3 heterocycles. The zero-order valence-electron chi connectivity index (χ0n) is 14.5. The summed E-state index contributed by atoms with van der Waals surface area (Å²) in [5.74, 6) is 1.59. The summed E-state index contributed by atoms with van der Waals surface area (Å²) in [6.45, 7) is 4.85. The van der Waals surface area contributed by atoms with Crippen LogP contribution in [0, 0.1) is 13.8 Å². The lowest BCUT2D eigenvalue weighted by Crippen LogP contribution is -2.42. The molecule has 4 rings (SSSR count). The average Bonchev–Trinajstić information content (AvgIpc) is 3.15. The first-order valence-electron chi connectivity index (χ1n) is 8.91. The number of hydrogen-bond acceptors (Lipinski definition) is 5. The second-order valence-corrected chi connectivity index (χ2v) is 7.19. The highest BCUT2D eigenvalue weighted by Crippen LogP contribution is 2.40. The van der Waals surface area contributed by atoms with Gasteiger partial charge in [-0.3, -0.25) is 0 Å². The zero-order valence-corrected chi connectivity index (χ0v) is 14.5. The molecule has 1 spiro atoms. The van der Waals surface area contributed by atoms with E-state index < -0.39 is 0 Å². The fourth-order valence-corrected chi connectivity index (χ4v) is 4.10. The Bertz CT molecular complexity index is 703. The van der Waals surface area contributed by atoms with E-state index in [0.29, 0.717) is 6.04 Å². The molecule has 2 aromatic heterocycles. The first kappa shape index (κ1) is 15.6. The van der Waals surface area contributed by atoms with Crippen LogP contribution < -0.4 is 5.32 Å². The van der Waals surface area contributed by atoms with E-state index in [4.69, 9.17) is 4.74 Å². The van der Waals surface area contributed by atoms with E-state index in [1.807, 2.05) is 36.7 Å². The van der Waals surface area contributed by atoms with Crippen molar-refractivity contribution in [1.29, 1.82) is 0 Å². The van der Waals surface area contributed by atoms with E-state index in [2.05, 4.69) is 20.6 Å². The Kier molecular flexibility index (Phi) is 4.00. The lowest BCUT2D eigenvalue weighted by atomic mass is 9.89. The van der Waals surface area contributed by atoms with Crippen molar-refractivity contribution in [3.8, 4) is 5.82 Å². The van der Waals surface area contributed by atoms with E-state index in [1.54, 1.807) is 0 Å². The summed E-state index contributed by atoms with van der Waals surface area (Å²) in [5, 5.41) is 16.7. The van der Waals surface area contributed by atoms with Gasteiger partial charge in [-0.25, -0.2) is 4.68 Å². The molecule has 6 heteroatoms. The largest absolute Gasteiger partial charge is 0.375 e. The monoisotopic (exact) mass is 327 g/mol. The van der Waals surface area contributed by atoms with E-state index in [0.717, 1.165) is 42.5 Å². The third-order valence-corrected chi connectivity index (χ3v) is 5.24. The van der Waals surface area contributed by atoms with Gasteiger partial charge in [0, 0.05) is 18.3 Å². The molecular weight excluding hydrogens is 302 g/mol. The normalized spacial score (nSPS) is 22.8. The first-order chi connectivity index (χ1) is 11.6. The van der Waals surface area contributed by atoms with Crippen molar-refractivity contribution in [3.63, 3.8) is 0 Å². The molecule has 1 saturated heterocycles. The minimum Gasteiger partial charge on any atom is -0.375 e. The van der Waals surface area contributed by atoms with Gasteiger partial charge in [-0.2, -0.15) is 5.10 Å².